The van der Waals surface area contributed by atoms with Gasteiger partial charge in [-0.2, -0.15) is 0 Å². The van der Waals surface area contributed by atoms with E-state index in [-0.39, 0.29) is 17.4 Å². The standard InChI is InChI=1S/C17H25NO3/c1-4-15(18)17(11-16(19)21-3)9-5-6-12-7-8-13(20-2)10-14(12)17/h7-8,10,15H,4-6,9,11,18H2,1-3H3. The highest BCUT2D eigenvalue weighted by atomic mass is 16.5. The Balaban J connectivity index is 2.53. The summed E-state index contributed by atoms with van der Waals surface area (Å²) in [6, 6.07) is 6.06. The molecule has 2 N–H and O–H groups in total. The van der Waals surface area contributed by atoms with Gasteiger partial charge in [0, 0.05) is 11.5 Å². The Morgan fingerprint density at radius 1 is 1.43 bits per heavy atom. The van der Waals surface area contributed by atoms with Crippen molar-refractivity contribution in [2.24, 2.45) is 5.73 Å². The Hall–Kier alpha value is -1.55. The van der Waals surface area contributed by atoms with Crippen LogP contribution in [0.3, 0.4) is 0 Å². The van der Waals surface area contributed by atoms with E-state index in [4.69, 9.17) is 15.2 Å². The van der Waals surface area contributed by atoms with Crippen molar-refractivity contribution >= 4 is 5.97 Å². The van der Waals surface area contributed by atoms with E-state index in [1.807, 2.05) is 12.1 Å². The summed E-state index contributed by atoms with van der Waals surface area (Å²) >= 11 is 0. The number of nitrogens with two attached hydrogens (primary N) is 1. The van der Waals surface area contributed by atoms with Gasteiger partial charge in [0.1, 0.15) is 5.75 Å². The van der Waals surface area contributed by atoms with E-state index in [9.17, 15) is 4.79 Å². The van der Waals surface area contributed by atoms with Gasteiger partial charge in [0.2, 0.25) is 0 Å². The molecule has 0 spiro atoms. The quantitative estimate of drug-likeness (QED) is 0.847. The second kappa shape index (κ2) is 6.48. The fraction of sp³-hybridized carbons (Fsp3) is 0.588. The summed E-state index contributed by atoms with van der Waals surface area (Å²) in [7, 11) is 3.09. The molecule has 0 bridgehead atoms. The predicted molar refractivity (Wildman–Crippen MR) is 82.5 cm³/mol. The number of carbonyl (C=O) groups excluding carboxylic acids is 1. The van der Waals surface area contributed by atoms with Crippen molar-refractivity contribution in [1.29, 1.82) is 0 Å². The number of rotatable bonds is 5. The van der Waals surface area contributed by atoms with Crippen molar-refractivity contribution in [3.63, 3.8) is 0 Å². The first kappa shape index (κ1) is 15.8. The van der Waals surface area contributed by atoms with Gasteiger partial charge in [-0.15, -0.1) is 0 Å². The van der Waals surface area contributed by atoms with Crippen molar-refractivity contribution in [1.82, 2.24) is 0 Å². The van der Waals surface area contributed by atoms with Crippen molar-refractivity contribution in [3.05, 3.63) is 29.3 Å². The van der Waals surface area contributed by atoms with Crippen molar-refractivity contribution in [3.8, 4) is 5.75 Å². The van der Waals surface area contributed by atoms with Crippen LogP contribution in [0.1, 0.15) is 43.7 Å². The summed E-state index contributed by atoms with van der Waals surface area (Å²) in [6.45, 7) is 2.07. The number of benzene rings is 1. The Labute approximate surface area is 126 Å². The van der Waals surface area contributed by atoms with Crippen molar-refractivity contribution in [2.75, 3.05) is 14.2 Å². The smallest absolute Gasteiger partial charge is 0.306 e. The molecule has 0 fully saturated rings. The number of methoxy groups -OCH3 is 2. The van der Waals surface area contributed by atoms with Gasteiger partial charge in [-0.1, -0.05) is 13.0 Å². The molecule has 0 saturated carbocycles. The molecule has 0 heterocycles. The molecule has 1 aliphatic rings. The van der Waals surface area contributed by atoms with Gasteiger partial charge in [0.05, 0.1) is 20.6 Å². The topological polar surface area (TPSA) is 61.6 Å². The largest absolute Gasteiger partial charge is 0.497 e. The molecule has 2 unspecified atom stereocenters. The van der Waals surface area contributed by atoms with E-state index in [2.05, 4.69) is 13.0 Å². The SMILES string of the molecule is CCC(N)C1(CC(=O)OC)CCCc2ccc(OC)cc21. The number of carbonyl (C=O) groups is 1. The van der Waals surface area contributed by atoms with Gasteiger partial charge in [-0.3, -0.25) is 4.79 Å². The van der Waals surface area contributed by atoms with Crippen LogP contribution in [0, 0.1) is 0 Å². The minimum absolute atomic E-state index is 0.0669. The van der Waals surface area contributed by atoms with E-state index >= 15 is 0 Å². The van der Waals surface area contributed by atoms with Crippen LogP contribution >= 0.6 is 0 Å². The minimum atomic E-state index is -0.343. The molecule has 4 heteroatoms. The maximum atomic E-state index is 12.0. The van der Waals surface area contributed by atoms with E-state index in [0.29, 0.717) is 6.42 Å². The Bertz CT molecular complexity index is 515. The molecule has 0 aromatic heterocycles. The number of hydrogen-bond acceptors (Lipinski definition) is 4. The number of ether oxygens (including phenoxy) is 2. The zero-order valence-corrected chi connectivity index (χ0v) is 13.1. The number of esters is 1. The van der Waals surface area contributed by atoms with E-state index in [1.54, 1.807) is 7.11 Å². The molecule has 2 atom stereocenters. The third kappa shape index (κ3) is 2.91. The fourth-order valence-corrected chi connectivity index (χ4v) is 3.51. The first-order valence-electron chi connectivity index (χ1n) is 7.57. The Morgan fingerprint density at radius 3 is 2.81 bits per heavy atom. The first-order chi connectivity index (χ1) is 10.1. The van der Waals surface area contributed by atoms with E-state index < -0.39 is 0 Å². The van der Waals surface area contributed by atoms with Crippen LogP contribution in [0.15, 0.2) is 18.2 Å². The van der Waals surface area contributed by atoms with Gasteiger partial charge in [-0.05, 0) is 48.9 Å². The molecule has 2 rings (SSSR count). The molecule has 1 aromatic rings. The number of hydrogen-bond donors (Lipinski definition) is 1. The molecular weight excluding hydrogens is 266 g/mol. The Morgan fingerprint density at radius 2 is 2.19 bits per heavy atom. The van der Waals surface area contributed by atoms with Gasteiger partial charge in [-0.25, -0.2) is 0 Å². The average Bonchev–Trinajstić information content (AvgIpc) is 2.53. The minimum Gasteiger partial charge on any atom is -0.497 e. The highest BCUT2D eigenvalue weighted by molar-refractivity contribution is 5.72. The zero-order chi connectivity index (χ0) is 15.5. The van der Waals surface area contributed by atoms with Crippen LogP contribution in [0.5, 0.6) is 5.75 Å². The molecule has 0 aliphatic heterocycles. The predicted octanol–water partition coefficient (Wildman–Crippen LogP) is 2.57. The van der Waals surface area contributed by atoms with Crippen molar-refractivity contribution in [2.45, 2.75) is 50.5 Å². The van der Waals surface area contributed by atoms with Gasteiger partial charge < -0.3 is 15.2 Å². The zero-order valence-electron chi connectivity index (χ0n) is 13.1. The fourth-order valence-electron chi connectivity index (χ4n) is 3.51. The van der Waals surface area contributed by atoms with Crippen LogP contribution in [0.2, 0.25) is 0 Å². The summed E-state index contributed by atoms with van der Waals surface area (Å²) in [5.41, 5.74) is 8.53. The van der Waals surface area contributed by atoms with Crippen LogP contribution in [-0.4, -0.2) is 26.2 Å². The average molecular weight is 291 g/mol. The molecule has 116 valence electrons. The lowest BCUT2D eigenvalue weighted by atomic mass is 9.63. The molecule has 4 nitrogen and oxygen atoms in total. The maximum Gasteiger partial charge on any atom is 0.306 e. The van der Waals surface area contributed by atoms with Crippen LogP contribution < -0.4 is 10.5 Å². The van der Waals surface area contributed by atoms with Crippen molar-refractivity contribution < 1.29 is 14.3 Å². The molecule has 0 amide bonds. The lowest BCUT2D eigenvalue weighted by Gasteiger charge is -2.43. The molecule has 21 heavy (non-hydrogen) atoms. The molecule has 1 aromatic carbocycles. The lowest BCUT2D eigenvalue weighted by Crippen LogP contribution is -2.48. The van der Waals surface area contributed by atoms with Gasteiger partial charge >= 0.3 is 5.97 Å². The van der Waals surface area contributed by atoms with Crippen LogP contribution in [-0.2, 0) is 21.4 Å². The normalized spacial score (nSPS) is 22.3. The van der Waals surface area contributed by atoms with E-state index in [0.717, 1.165) is 37.0 Å². The van der Waals surface area contributed by atoms with Crippen LogP contribution in [0.25, 0.3) is 0 Å². The monoisotopic (exact) mass is 291 g/mol. The highest BCUT2D eigenvalue weighted by Gasteiger charge is 2.43. The second-order valence-corrected chi connectivity index (χ2v) is 5.80. The summed E-state index contributed by atoms with van der Waals surface area (Å²) < 4.78 is 10.3. The van der Waals surface area contributed by atoms with Gasteiger partial charge in [0.25, 0.3) is 0 Å². The lowest BCUT2D eigenvalue weighted by molar-refractivity contribution is -0.142. The third-order valence-electron chi connectivity index (χ3n) is 4.76. The maximum absolute atomic E-state index is 12.0. The summed E-state index contributed by atoms with van der Waals surface area (Å²) in [5.74, 6) is 0.614. The molecule has 0 saturated heterocycles. The summed E-state index contributed by atoms with van der Waals surface area (Å²) in [5, 5.41) is 0. The highest BCUT2D eigenvalue weighted by Crippen LogP contribution is 2.44. The third-order valence-corrected chi connectivity index (χ3v) is 4.76. The summed E-state index contributed by atoms with van der Waals surface area (Å²) in [4.78, 5) is 12.0. The van der Waals surface area contributed by atoms with Crippen LogP contribution in [0.4, 0.5) is 0 Å². The number of fused-ring (bicyclic) bond motifs is 1. The molecular formula is C17H25NO3. The number of aryl methyl sites for hydroxylation is 1. The molecule has 1 aliphatic carbocycles. The Kier molecular flexibility index (Phi) is 4.88. The summed E-state index contributed by atoms with van der Waals surface area (Å²) in [6.07, 6.45) is 4.15. The van der Waals surface area contributed by atoms with E-state index in [1.165, 1.54) is 12.7 Å². The first-order valence-corrected chi connectivity index (χ1v) is 7.57. The molecule has 0 radical (unpaired) electrons. The van der Waals surface area contributed by atoms with Gasteiger partial charge in [0.15, 0.2) is 0 Å². The second-order valence-electron chi connectivity index (χ2n) is 5.80.